The molecule has 1 atom stereocenters. The van der Waals surface area contributed by atoms with E-state index in [0.717, 1.165) is 22.6 Å². The number of alkyl carbamates (subject to hydrolysis) is 1. The summed E-state index contributed by atoms with van der Waals surface area (Å²) in [6.07, 6.45) is 0.103. The molecule has 4 rings (SSSR count). The zero-order valence-corrected chi connectivity index (χ0v) is 16.0. The molecule has 0 unspecified atom stereocenters. The number of hydrogen-bond donors (Lipinski definition) is 2. The largest absolute Gasteiger partial charge is 0.449 e. The maximum absolute atomic E-state index is 12.8. The minimum absolute atomic E-state index is 0.226. The maximum atomic E-state index is 12.8. The number of imide groups is 1. The molecule has 0 saturated carbocycles. The quantitative estimate of drug-likeness (QED) is 0.712. The van der Waals surface area contributed by atoms with Gasteiger partial charge in [0.25, 0.3) is 5.91 Å². The van der Waals surface area contributed by atoms with Crippen LogP contribution in [-0.4, -0.2) is 52.9 Å². The second-order valence-corrected chi connectivity index (χ2v) is 8.32. The number of amides is 4. The molecule has 2 fully saturated rings. The average Bonchev–Trinajstić information content (AvgIpc) is 2.95. The number of benzene rings is 1. The van der Waals surface area contributed by atoms with Crippen LogP contribution in [0.3, 0.4) is 0 Å². The zero-order chi connectivity index (χ0) is 19.7. The lowest BCUT2D eigenvalue weighted by Gasteiger charge is -2.29. The molecule has 28 heavy (non-hydrogen) atoms. The number of thioether (sulfide) groups is 1. The van der Waals surface area contributed by atoms with Gasteiger partial charge in [0.2, 0.25) is 11.8 Å². The third-order valence-corrected chi connectivity index (χ3v) is 6.60. The summed E-state index contributed by atoms with van der Waals surface area (Å²) < 4.78 is 5.19. The number of rotatable bonds is 5. The molecule has 0 bridgehead atoms. The molecular formula is C19H21N3O5S. The van der Waals surface area contributed by atoms with Crippen molar-refractivity contribution in [1.29, 1.82) is 0 Å². The Morgan fingerprint density at radius 2 is 2.11 bits per heavy atom. The summed E-state index contributed by atoms with van der Waals surface area (Å²) in [5.41, 5.74) is 2.15. The number of carbonyl (C=O) groups excluding carboxylic acids is 4. The first-order valence-electron chi connectivity index (χ1n) is 9.26. The summed E-state index contributed by atoms with van der Waals surface area (Å²) in [7, 11) is 0. The molecule has 0 spiro atoms. The molecule has 2 saturated heterocycles. The van der Waals surface area contributed by atoms with Gasteiger partial charge in [-0.05, 0) is 23.6 Å². The van der Waals surface area contributed by atoms with Crippen LogP contribution in [0.4, 0.5) is 4.79 Å². The van der Waals surface area contributed by atoms with Gasteiger partial charge in [-0.1, -0.05) is 12.1 Å². The molecule has 1 aromatic rings. The van der Waals surface area contributed by atoms with E-state index in [4.69, 9.17) is 4.74 Å². The fraction of sp³-hybridized carbons (Fsp3) is 0.474. The fourth-order valence-corrected chi connectivity index (χ4v) is 4.27. The lowest BCUT2D eigenvalue weighted by atomic mass is 10.0. The Bertz CT molecular complexity index is 839. The molecule has 148 valence electrons. The molecule has 3 aliphatic heterocycles. The van der Waals surface area contributed by atoms with Gasteiger partial charge in [0.05, 0.1) is 6.61 Å². The van der Waals surface area contributed by atoms with Crippen LogP contribution in [0.25, 0.3) is 0 Å². The normalized spacial score (nSPS) is 21.8. The Labute approximate surface area is 166 Å². The van der Waals surface area contributed by atoms with Crippen LogP contribution in [0.5, 0.6) is 0 Å². The van der Waals surface area contributed by atoms with Crippen LogP contribution in [0, 0.1) is 5.92 Å². The lowest BCUT2D eigenvalue weighted by molar-refractivity contribution is -0.136. The monoisotopic (exact) mass is 403 g/mol. The highest BCUT2D eigenvalue weighted by atomic mass is 32.2. The van der Waals surface area contributed by atoms with Crippen LogP contribution in [-0.2, 0) is 27.4 Å². The first-order chi connectivity index (χ1) is 13.5. The van der Waals surface area contributed by atoms with Gasteiger partial charge in [-0.2, -0.15) is 11.8 Å². The van der Waals surface area contributed by atoms with Gasteiger partial charge in [0.1, 0.15) is 6.04 Å². The molecule has 1 aromatic carbocycles. The van der Waals surface area contributed by atoms with Gasteiger partial charge in [0, 0.05) is 42.5 Å². The first-order valence-corrected chi connectivity index (χ1v) is 10.4. The number of hydrogen-bond acceptors (Lipinski definition) is 6. The van der Waals surface area contributed by atoms with E-state index < -0.39 is 18.0 Å². The predicted octanol–water partition coefficient (Wildman–Crippen LogP) is 1.04. The summed E-state index contributed by atoms with van der Waals surface area (Å²) in [6.45, 7) is 1.04. The second kappa shape index (κ2) is 7.83. The van der Waals surface area contributed by atoms with Crippen LogP contribution < -0.4 is 10.6 Å². The minimum atomic E-state index is -0.626. The van der Waals surface area contributed by atoms with Crippen LogP contribution in [0.1, 0.15) is 34.3 Å². The van der Waals surface area contributed by atoms with Crippen molar-refractivity contribution in [2.75, 3.05) is 18.1 Å². The van der Waals surface area contributed by atoms with E-state index in [-0.39, 0.29) is 24.8 Å². The first kappa shape index (κ1) is 18.8. The highest BCUT2D eigenvalue weighted by Gasteiger charge is 2.39. The Balaban J connectivity index is 1.35. The van der Waals surface area contributed by atoms with E-state index >= 15 is 0 Å². The Morgan fingerprint density at radius 1 is 1.29 bits per heavy atom. The summed E-state index contributed by atoms with van der Waals surface area (Å²) in [5.74, 6) is 1.56. The third kappa shape index (κ3) is 3.84. The molecule has 0 aromatic heterocycles. The van der Waals surface area contributed by atoms with Crippen molar-refractivity contribution >= 4 is 35.6 Å². The van der Waals surface area contributed by atoms with Crippen molar-refractivity contribution in [3.8, 4) is 0 Å². The summed E-state index contributed by atoms with van der Waals surface area (Å²) in [5, 5.41) is 4.99. The molecule has 0 aliphatic carbocycles. The molecule has 3 aliphatic rings. The molecule has 4 amide bonds. The minimum Gasteiger partial charge on any atom is -0.449 e. The van der Waals surface area contributed by atoms with E-state index in [1.54, 1.807) is 6.07 Å². The van der Waals surface area contributed by atoms with Gasteiger partial charge in [-0.3, -0.25) is 19.7 Å². The third-order valence-electron chi connectivity index (χ3n) is 5.19. The van der Waals surface area contributed by atoms with Crippen molar-refractivity contribution in [2.24, 2.45) is 5.92 Å². The summed E-state index contributed by atoms with van der Waals surface area (Å²) in [4.78, 5) is 49.5. The van der Waals surface area contributed by atoms with Crippen molar-refractivity contribution in [3.63, 3.8) is 0 Å². The van der Waals surface area contributed by atoms with Crippen molar-refractivity contribution in [1.82, 2.24) is 15.5 Å². The number of carbonyl (C=O) groups is 4. The van der Waals surface area contributed by atoms with Crippen molar-refractivity contribution < 1.29 is 23.9 Å². The smallest absolute Gasteiger partial charge is 0.407 e. The van der Waals surface area contributed by atoms with Gasteiger partial charge in [-0.15, -0.1) is 0 Å². The van der Waals surface area contributed by atoms with Crippen LogP contribution in [0.2, 0.25) is 0 Å². The molecular weight excluding hydrogens is 382 g/mol. The van der Waals surface area contributed by atoms with E-state index in [0.29, 0.717) is 31.1 Å². The Kier molecular flexibility index (Phi) is 5.25. The summed E-state index contributed by atoms with van der Waals surface area (Å²) in [6, 6.07) is 4.81. The molecule has 8 nitrogen and oxygen atoms in total. The molecule has 9 heteroatoms. The second-order valence-electron chi connectivity index (χ2n) is 7.25. The Hall–Kier alpha value is -2.55. The van der Waals surface area contributed by atoms with Crippen molar-refractivity contribution in [3.05, 3.63) is 34.9 Å². The number of nitrogens with zero attached hydrogens (tertiary/aromatic N) is 1. The van der Waals surface area contributed by atoms with Gasteiger partial charge < -0.3 is 15.0 Å². The van der Waals surface area contributed by atoms with Crippen LogP contribution >= 0.6 is 11.8 Å². The molecule has 3 heterocycles. The van der Waals surface area contributed by atoms with Gasteiger partial charge in [-0.25, -0.2) is 4.79 Å². The summed E-state index contributed by atoms with van der Waals surface area (Å²) >= 11 is 1.84. The van der Waals surface area contributed by atoms with E-state index in [9.17, 15) is 19.2 Å². The molecule has 2 N–H and O–H groups in total. The SMILES string of the molecule is O=C1CC[C@H](N2Cc3ccc(CNC(=O)OCC4CSC4)cc3C2=O)C(=O)N1. The van der Waals surface area contributed by atoms with Crippen LogP contribution in [0.15, 0.2) is 18.2 Å². The zero-order valence-electron chi connectivity index (χ0n) is 15.2. The van der Waals surface area contributed by atoms with Crippen molar-refractivity contribution in [2.45, 2.75) is 32.0 Å². The fourth-order valence-electron chi connectivity index (χ4n) is 3.51. The lowest BCUT2D eigenvalue weighted by Crippen LogP contribution is -2.52. The predicted molar refractivity (Wildman–Crippen MR) is 101 cm³/mol. The number of fused-ring (bicyclic) bond motifs is 1. The van der Waals surface area contributed by atoms with E-state index in [2.05, 4.69) is 10.6 Å². The number of piperidine rings is 1. The Morgan fingerprint density at radius 3 is 2.82 bits per heavy atom. The van der Waals surface area contributed by atoms with E-state index in [1.165, 1.54) is 4.90 Å². The van der Waals surface area contributed by atoms with E-state index in [1.807, 2.05) is 23.9 Å². The standard InChI is InChI=1S/C19H21N3O5S/c23-16-4-3-15(17(24)21-16)22-7-13-2-1-11(5-14(13)18(22)25)6-20-19(26)27-8-12-9-28-10-12/h1-2,5,12,15H,3-4,6-10H2,(H,20,26)(H,21,23,24)/t15-/m0/s1. The van der Waals surface area contributed by atoms with Gasteiger partial charge >= 0.3 is 6.09 Å². The highest BCUT2D eigenvalue weighted by Crippen LogP contribution is 2.28. The maximum Gasteiger partial charge on any atom is 0.407 e. The molecule has 0 radical (unpaired) electrons. The number of ether oxygens (including phenoxy) is 1. The topological polar surface area (TPSA) is 105 Å². The highest BCUT2D eigenvalue weighted by molar-refractivity contribution is 8.00. The van der Waals surface area contributed by atoms with Gasteiger partial charge in [0.15, 0.2) is 0 Å². The average molecular weight is 403 g/mol. The number of nitrogens with one attached hydrogen (secondary N) is 2.